The van der Waals surface area contributed by atoms with Crippen molar-refractivity contribution >= 4 is 35.0 Å². The molecule has 21 heavy (non-hydrogen) atoms. The number of hydrogen-bond acceptors (Lipinski definition) is 5. The summed E-state index contributed by atoms with van der Waals surface area (Å²) >= 11 is 1.55. The average molecular weight is 299 g/mol. The fourth-order valence-electron chi connectivity index (χ4n) is 2.15. The van der Waals surface area contributed by atoms with Crippen molar-refractivity contribution in [3.63, 3.8) is 0 Å². The van der Waals surface area contributed by atoms with E-state index < -0.39 is 0 Å². The summed E-state index contributed by atoms with van der Waals surface area (Å²) in [5.74, 6) is 0. The van der Waals surface area contributed by atoms with E-state index in [4.69, 9.17) is 0 Å². The Morgan fingerprint density at radius 2 is 2.24 bits per heavy atom. The van der Waals surface area contributed by atoms with Crippen LogP contribution in [0.15, 0.2) is 41.9 Å². The lowest BCUT2D eigenvalue weighted by atomic mass is 10.2. The zero-order valence-electron chi connectivity index (χ0n) is 11.4. The number of imidazole rings is 1. The van der Waals surface area contributed by atoms with E-state index in [1.54, 1.807) is 24.4 Å². The summed E-state index contributed by atoms with van der Waals surface area (Å²) in [6, 6.07) is 7.68. The van der Waals surface area contributed by atoms with Crippen molar-refractivity contribution in [3.05, 3.63) is 42.5 Å². The number of nitrogens with zero attached hydrogens (tertiary/aromatic N) is 4. The summed E-state index contributed by atoms with van der Waals surface area (Å²) in [5.41, 5.74) is 3.45. The third-order valence-electron chi connectivity index (χ3n) is 3.07. The van der Waals surface area contributed by atoms with Crippen molar-refractivity contribution in [3.8, 4) is 0 Å². The van der Waals surface area contributed by atoms with E-state index in [0.29, 0.717) is 13.0 Å². The number of thioether (sulfide) groups is 1. The van der Waals surface area contributed by atoms with E-state index in [-0.39, 0.29) is 0 Å². The number of carbonyl (C=O) groups is 1. The van der Waals surface area contributed by atoms with E-state index in [1.807, 2.05) is 35.1 Å². The minimum Gasteiger partial charge on any atom is -0.329 e. The van der Waals surface area contributed by atoms with Crippen molar-refractivity contribution in [1.29, 1.82) is 0 Å². The predicted molar refractivity (Wildman–Crippen MR) is 82.3 cm³/mol. The highest BCUT2D eigenvalue weighted by molar-refractivity contribution is 7.98. The molecule has 7 heteroatoms. The molecule has 6 nitrogen and oxygen atoms in total. The van der Waals surface area contributed by atoms with E-state index in [9.17, 15) is 4.79 Å². The molecule has 0 radical (unpaired) electrons. The van der Waals surface area contributed by atoms with Crippen molar-refractivity contribution in [2.45, 2.75) is 11.6 Å². The van der Waals surface area contributed by atoms with Crippen LogP contribution in [0.2, 0.25) is 0 Å². The predicted octanol–water partition coefficient (Wildman–Crippen LogP) is 2.16. The molecule has 0 aliphatic rings. The number of fused-ring (bicyclic) bond motifs is 1. The van der Waals surface area contributed by atoms with Gasteiger partial charge in [-0.3, -0.25) is 4.79 Å². The number of anilines is 1. The van der Waals surface area contributed by atoms with Crippen LogP contribution in [0.25, 0.3) is 11.2 Å². The Bertz CT molecular complexity index is 786. The number of benzene rings is 1. The first kappa shape index (κ1) is 13.6. The number of aromatic nitrogens is 4. The van der Waals surface area contributed by atoms with E-state index in [2.05, 4.69) is 20.3 Å². The van der Waals surface area contributed by atoms with Gasteiger partial charge in [0.2, 0.25) is 6.41 Å². The van der Waals surface area contributed by atoms with Gasteiger partial charge in [-0.1, -0.05) is 12.1 Å². The highest BCUT2D eigenvalue weighted by Gasteiger charge is 2.09. The number of nitrogens with one attached hydrogen (secondary N) is 1. The van der Waals surface area contributed by atoms with Gasteiger partial charge in [-0.2, -0.15) is 0 Å². The molecule has 2 aromatic heterocycles. The van der Waals surface area contributed by atoms with Crippen LogP contribution in [0.4, 0.5) is 5.69 Å². The Morgan fingerprint density at radius 1 is 1.33 bits per heavy atom. The summed E-state index contributed by atoms with van der Waals surface area (Å²) in [7, 11) is 0. The van der Waals surface area contributed by atoms with Crippen LogP contribution in [-0.2, 0) is 11.3 Å². The summed E-state index contributed by atoms with van der Waals surface area (Å²) in [6.45, 7) is 0.635. The molecule has 0 fully saturated rings. The molecule has 0 aliphatic heterocycles. The molecule has 106 valence electrons. The smallest absolute Gasteiger partial charge is 0.211 e. The number of hydrogen-bond donors (Lipinski definition) is 1. The third kappa shape index (κ3) is 2.73. The van der Waals surface area contributed by atoms with Crippen LogP contribution in [0.3, 0.4) is 0 Å². The van der Waals surface area contributed by atoms with Gasteiger partial charge in [0, 0.05) is 5.69 Å². The highest BCUT2D eigenvalue weighted by Crippen LogP contribution is 2.21. The second kappa shape index (κ2) is 5.92. The first-order valence-corrected chi connectivity index (χ1v) is 7.53. The summed E-state index contributed by atoms with van der Waals surface area (Å²) in [4.78, 5) is 23.4. The van der Waals surface area contributed by atoms with Gasteiger partial charge < -0.3 is 9.88 Å². The van der Waals surface area contributed by atoms with Gasteiger partial charge >= 0.3 is 0 Å². The van der Waals surface area contributed by atoms with Crippen LogP contribution >= 0.6 is 11.8 Å². The average Bonchev–Trinajstić information content (AvgIpc) is 2.91. The molecular weight excluding hydrogens is 286 g/mol. The molecule has 1 amide bonds. The topological polar surface area (TPSA) is 72.7 Å². The molecule has 1 aromatic carbocycles. The fraction of sp³-hybridized carbons (Fsp3) is 0.143. The summed E-state index contributed by atoms with van der Waals surface area (Å²) in [5, 5.41) is 3.52. The maximum Gasteiger partial charge on any atom is 0.211 e. The van der Waals surface area contributed by atoms with Gasteiger partial charge in [0.25, 0.3) is 0 Å². The van der Waals surface area contributed by atoms with Crippen LogP contribution in [-0.4, -0.2) is 32.2 Å². The molecule has 0 unspecified atom stereocenters. The quantitative estimate of drug-likeness (QED) is 0.444. The van der Waals surface area contributed by atoms with Crippen molar-refractivity contribution in [1.82, 2.24) is 19.5 Å². The summed E-state index contributed by atoms with van der Waals surface area (Å²) < 4.78 is 1.97. The zero-order valence-corrected chi connectivity index (χ0v) is 12.2. The largest absolute Gasteiger partial charge is 0.329 e. The Kier molecular flexibility index (Phi) is 3.83. The van der Waals surface area contributed by atoms with Crippen LogP contribution in [0, 0.1) is 0 Å². The molecule has 1 N–H and O–H groups in total. The van der Waals surface area contributed by atoms with Crippen molar-refractivity contribution in [2.24, 2.45) is 0 Å². The lowest BCUT2D eigenvalue weighted by Gasteiger charge is -2.06. The standard InChI is InChI=1S/C14H13N5OS/c1-21-14-12-13(15-7-16-14)19(8-17-12)6-10-3-2-4-11(5-10)18-9-20/h2-5,7-9H,6H2,1H3,(H,18,20). The summed E-state index contributed by atoms with van der Waals surface area (Å²) in [6.07, 6.45) is 5.95. The van der Waals surface area contributed by atoms with Gasteiger partial charge in [0.1, 0.15) is 16.9 Å². The first-order valence-electron chi connectivity index (χ1n) is 6.31. The Hall–Kier alpha value is -2.41. The second-order valence-corrected chi connectivity index (χ2v) is 5.19. The molecule has 3 aromatic rings. The van der Waals surface area contributed by atoms with E-state index in [1.165, 1.54) is 0 Å². The van der Waals surface area contributed by atoms with Crippen LogP contribution in [0.5, 0.6) is 0 Å². The van der Waals surface area contributed by atoms with Crippen molar-refractivity contribution in [2.75, 3.05) is 11.6 Å². The van der Waals surface area contributed by atoms with Gasteiger partial charge in [0.05, 0.1) is 12.9 Å². The van der Waals surface area contributed by atoms with Gasteiger partial charge in [-0.15, -0.1) is 11.8 Å². The highest BCUT2D eigenvalue weighted by atomic mass is 32.2. The molecule has 0 saturated heterocycles. The minimum absolute atomic E-state index is 0.635. The number of rotatable bonds is 5. The maximum atomic E-state index is 10.5. The SMILES string of the molecule is CSc1ncnc2c1ncn2Cc1cccc(NC=O)c1. The molecule has 0 saturated carbocycles. The molecule has 0 spiro atoms. The number of amides is 1. The van der Waals surface area contributed by atoms with E-state index >= 15 is 0 Å². The van der Waals surface area contributed by atoms with Crippen molar-refractivity contribution < 1.29 is 4.79 Å². The number of carbonyl (C=O) groups excluding carboxylic acids is 1. The zero-order chi connectivity index (χ0) is 14.7. The van der Waals surface area contributed by atoms with Gasteiger partial charge in [-0.25, -0.2) is 15.0 Å². The first-order chi connectivity index (χ1) is 10.3. The molecule has 0 bridgehead atoms. The Labute approximate surface area is 125 Å². The fourth-order valence-corrected chi connectivity index (χ4v) is 2.64. The third-order valence-corrected chi connectivity index (χ3v) is 3.75. The van der Waals surface area contributed by atoms with Crippen LogP contribution in [0.1, 0.15) is 5.56 Å². The lowest BCUT2D eigenvalue weighted by molar-refractivity contribution is -0.105. The molecule has 0 atom stereocenters. The molecule has 3 rings (SSSR count). The molecule has 2 heterocycles. The second-order valence-electron chi connectivity index (χ2n) is 4.39. The van der Waals surface area contributed by atoms with E-state index in [0.717, 1.165) is 27.4 Å². The van der Waals surface area contributed by atoms with Crippen LogP contribution < -0.4 is 5.32 Å². The van der Waals surface area contributed by atoms with Gasteiger partial charge in [0.15, 0.2) is 5.65 Å². The molecular formula is C14H13N5OS. The minimum atomic E-state index is 0.635. The Morgan fingerprint density at radius 3 is 3.05 bits per heavy atom. The Balaban J connectivity index is 1.95. The molecule has 0 aliphatic carbocycles. The lowest BCUT2D eigenvalue weighted by Crippen LogP contribution is -2.01. The van der Waals surface area contributed by atoms with Gasteiger partial charge in [-0.05, 0) is 24.0 Å². The monoisotopic (exact) mass is 299 g/mol. The maximum absolute atomic E-state index is 10.5. The normalized spacial score (nSPS) is 10.7.